The van der Waals surface area contributed by atoms with Crippen LogP contribution in [-0.2, 0) is 0 Å². The molecule has 0 spiro atoms. The summed E-state index contributed by atoms with van der Waals surface area (Å²) in [5.41, 5.74) is 1.88. The monoisotopic (exact) mass is 251 g/mol. The summed E-state index contributed by atoms with van der Waals surface area (Å²) in [6.07, 6.45) is 0. The van der Waals surface area contributed by atoms with E-state index in [9.17, 15) is 0 Å². The van der Waals surface area contributed by atoms with Gasteiger partial charge in [-0.1, -0.05) is 47.5 Å². The van der Waals surface area contributed by atoms with Crippen LogP contribution in [0, 0.1) is 0 Å². The molecule has 0 atom stereocenters. The molecule has 0 heterocycles. The Morgan fingerprint density at radius 2 is 1.38 bits per heavy atom. The molecule has 82 valence electrons. The first-order chi connectivity index (χ1) is 7.70. The summed E-state index contributed by atoms with van der Waals surface area (Å²) in [5, 5.41) is 1.30. The summed E-state index contributed by atoms with van der Waals surface area (Å²) >= 11 is 12.3. The smallest absolute Gasteiger partial charge is 0.0786 e. The molecule has 0 unspecified atom stereocenters. The molecular formula is C13H11Cl2N. The van der Waals surface area contributed by atoms with Crippen molar-refractivity contribution in [3.63, 3.8) is 0 Å². The van der Waals surface area contributed by atoms with Crippen molar-refractivity contribution in [3.8, 4) is 0 Å². The second-order valence-corrected chi connectivity index (χ2v) is 4.28. The van der Waals surface area contributed by atoms with Crippen LogP contribution in [0.2, 0.25) is 10.0 Å². The van der Waals surface area contributed by atoms with Crippen molar-refractivity contribution in [1.29, 1.82) is 0 Å². The zero-order valence-corrected chi connectivity index (χ0v) is 10.3. The van der Waals surface area contributed by atoms with E-state index in [-0.39, 0.29) is 0 Å². The molecule has 0 bridgehead atoms. The van der Waals surface area contributed by atoms with Crippen LogP contribution >= 0.6 is 23.2 Å². The molecule has 16 heavy (non-hydrogen) atoms. The van der Waals surface area contributed by atoms with Gasteiger partial charge in [0.05, 0.1) is 15.7 Å². The first-order valence-corrected chi connectivity index (χ1v) is 5.68. The minimum Gasteiger partial charge on any atom is -0.342 e. The average molecular weight is 252 g/mol. The van der Waals surface area contributed by atoms with Crippen molar-refractivity contribution in [2.45, 2.75) is 0 Å². The predicted octanol–water partition coefficient (Wildman–Crippen LogP) is 4.76. The van der Waals surface area contributed by atoms with E-state index < -0.39 is 0 Å². The Morgan fingerprint density at radius 3 is 1.94 bits per heavy atom. The molecule has 0 aliphatic carbocycles. The lowest BCUT2D eigenvalue weighted by Gasteiger charge is -2.21. The lowest BCUT2D eigenvalue weighted by atomic mass is 10.2. The fraction of sp³-hybridized carbons (Fsp3) is 0.0769. The van der Waals surface area contributed by atoms with Crippen LogP contribution in [0.5, 0.6) is 0 Å². The van der Waals surface area contributed by atoms with Gasteiger partial charge in [-0.25, -0.2) is 0 Å². The molecule has 0 saturated carbocycles. The highest BCUT2D eigenvalue weighted by Crippen LogP contribution is 2.36. The van der Waals surface area contributed by atoms with Crippen LogP contribution < -0.4 is 4.90 Å². The van der Waals surface area contributed by atoms with E-state index in [2.05, 4.69) is 0 Å². The minimum absolute atomic E-state index is 0.652. The standard InChI is InChI=1S/C13H11Cl2N/c1-16(10-6-3-2-4-7-10)13-11(14)8-5-9-12(13)15/h2-9H,1H3. The molecule has 0 aliphatic heterocycles. The molecular weight excluding hydrogens is 241 g/mol. The maximum Gasteiger partial charge on any atom is 0.0786 e. The van der Waals surface area contributed by atoms with Crippen molar-refractivity contribution in [2.24, 2.45) is 0 Å². The highest BCUT2D eigenvalue weighted by Gasteiger charge is 2.11. The molecule has 0 amide bonds. The molecule has 3 heteroatoms. The fourth-order valence-electron chi connectivity index (χ4n) is 1.59. The second-order valence-electron chi connectivity index (χ2n) is 3.46. The number of para-hydroxylation sites is 2. The van der Waals surface area contributed by atoms with E-state index >= 15 is 0 Å². The number of anilines is 2. The quantitative estimate of drug-likeness (QED) is 0.744. The van der Waals surface area contributed by atoms with Gasteiger partial charge in [-0.05, 0) is 24.3 Å². The van der Waals surface area contributed by atoms with Crippen LogP contribution in [0.15, 0.2) is 48.5 Å². The molecule has 0 aromatic heterocycles. The molecule has 0 saturated heterocycles. The van der Waals surface area contributed by atoms with Crippen molar-refractivity contribution in [3.05, 3.63) is 58.6 Å². The summed E-state index contributed by atoms with van der Waals surface area (Å²) < 4.78 is 0. The van der Waals surface area contributed by atoms with Gasteiger partial charge in [0, 0.05) is 12.7 Å². The van der Waals surface area contributed by atoms with Gasteiger partial charge in [-0.3, -0.25) is 0 Å². The third-order valence-electron chi connectivity index (χ3n) is 2.42. The number of hydrogen-bond acceptors (Lipinski definition) is 1. The van der Waals surface area contributed by atoms with Crippen LogP contribution in [-0.4, -0.2) is 7.05 Å². The Morgan fingerprint density at radius 1 is 0.812 bits per heavy atom. The van der Waals surface area contributed by atoms with Gasteiger partial charge in [-0.2, -0.15) is 0 Å². The third-order valence-corrected chi connectivity index (χ3v) is 3.03. The van der Waals surface area contributed by atoms with Gasteiger partial charge < -0.3 is 4.90 Å². The average Bonchev–Trinajstić information content (AvgIpc) is 2.30. The van der Waals surface area contributed by atoms with Crippen LogP contribution in [0.4, 0.5) is 11.4 Å². The van der Waals surface area contributed by atoms with Crippen molar-refractivity contribution in [2.75, 3.05) is 11.9 Å². The molecule has 0 aliphatic rings. The minimum atomic E-state index is 0.652. The van der Waals surface area contributed by atoms with Gasteiger partial charge in [0.1, 0.15) is 0 Å². The number of halogens is 2. The predicted molar refractivity (Wildman–Crippen MR) is 71.0 cm³/mol. The van der Waals surface area contributed by atoms with Crippen LogP contribution in [0.3, 0.4) is 0 Å². The highest BCUT2D eigenvalue weighted by molar-refractivity contribution is 6.39. The van der Waals surface area contributed by atoms with Crippen molar-refractivity contribution >= 4 is 34.6 Å². The molecule has 0 radical (unpaired) electrons. The third kappa shape index (κ3) is 2.16. The Bertz CT molecular complexity index is 462. The summed E-state index contributed by atoms with van der Waals surface area (Å²) in [5.74, 6) is 0. The van der Waals surface area contributed by atoms with E-state index in [4.69, 9.17) is 23.2 Å². The number of hydrogen-bond donors (Lipinski definition) is 0. The molecule has 1 nitrogen and oxygen atoms in total. The van der Waals surface area contributed by atoms with E-state index in [0.717, 1.165) is 11.4 Å². The largest absolute Gasteiger partial charge is 0.342 e. The second kappa shape index (κ2) is 4.77. The summed E-state index contributed by atoms with van der Waals surface area (Å²) in [4.78, 5) is 1.98. The number of rotatable bonds is 2. The highest BCUT2D eigenvalue weighted by atomic mass is 35.5. The van der Waals surface area contributed by atoms with Gasteiger partial charge in [0.25, 0.3) is 0 Å². The van der Waals surface area contributed by atoms with E-state index in [0.29, 0.717) is 10.0 Å². The summed E-state index contributed by atoms with van der Waals surface area (Å²) in [6.45, 7) is 0. The van der Waals surface area contributed by atoms with Crippen LogP contribution in [0.1, 0.15) is 0 Å². The molecule has 2 aromatic rings. The van der Waals surface area contributed by atoms with Crippen molar-refractivity contribution in [1.82, 2.24) is 0 Å². The molecule has 2 rings (SSSR count). The fourth-order valence-corrected chi connectivity index (χ4v) is 2.24. The number of nitrogens with zero attached hydrogens (tertiary/aromatic N) is 1. The normalized spacial score (nSPS) is 10.2. The van der Waals surface area contributed by atoms with Gasteiger partial charge in [0.15, 0.2) is 0 Å². The van der Waals surface area contributed by atoms with E-state index in [1.807, 2.05) is 60.5 Å². The Kier molecular flexibility index (Phi) is 3.37. The SMILES string of the molecule is CN(c1ccccc1)c1c(Cl)cccc1Cl. The first-order valence-electron chi connectivity index (χ1n) is 4.93. The molecule has 0 fully saturated rings. The molecule has 0 N–H and O–H groups in total. The zero-order valence-electron chi connectivity index (χ0n) is 8.82. The summed E-state index contributed by atoms with van der Waals surface area (Å²) in [6, 6.07) is 15.5. The maximum absolute atomic E-state index is 6.15. The number of benzene rings is 2. The van der Waals surface area contributed by atoms with Gasteiger partial charge in [-0.15, -0.1) is 0 Å². The van der Waals surface area contributed by atoms with Crippen LogP contribution in [0.25, 0.3) is 0 Å². The van der Waals surface area contributed by atoms with E-state index in [1.54, 1.807) is 0 Å². The Labute approximate surface area is 105 Å². The topological polar surface area (TPSA) is 3.24 Å². The van der Waals surface area contributed by atoms with E-state index in [1.165, 1.54) is 0 Å². The zero-order chi connectivity index (χ0) is 11.5. The Hall–Kier alpha value is -1.18. The first kappa shape index (κ1) is 11.3. The summed E-state index contributed by atoms with van der Waals surface area (Å²) in [7, 11) is 1.95. The lowest BCUT2D eigenvalue weighted by Crippen LogP contribution is -2.10. The molecule has 2 aromatic carbocycles. The van der Waals surface area contributed by atoms with Gasteiger partial charge in [0.2, 0.25) is 0 Å². The van der Waals surface area contributed by atoms with Crippen molar-refractivity contribution < 1.29 is 0 Å². The lowest BCUT2D eigenvalue weighted by molar-refractivity contribution is 1.21. The van der Waals surface area contributed by atoms with Gasteiger partial charge >= 0.3 is 0 Å². The Balaban J connectivity index is 2.46. The maximum atomic E-state index is 6.15.